The van der Waals surface area contributed by atoms with Gasteiger partial charge in [0.15, 0.2) is 0 Å². The fourth-order valence-corrected chi connectivity index (χ4v) is 4.29. The van der Waals surface area contributed by atoms with Gasteiger partial charge < -0.3 is 14.5 Å². The number of carbonyl (C=O) groups excluding carboxylic acids is 2. The number of carbonyl (C=O) groups is 2. The van der Waals surface area contributed by atoms with Gasteiger partial charge in [0.25, 0.3) is 0 Å². The number of anilines is 1. The number of hydrogen-bond acceptors (Lipinski definition) is 4. The fraction of sp³-hybridized carbons (Fsp3) is 0.556. The van der Waals surface area contributed by atoms with E-state index in [1.54, 1.807) is 4.90 Å². The Kier molecular flexibility index (Phi) is 5.66. The zero-order valence-corrected chi connectivity index (χ0v) is 14.9. The molecule has 3 rings (SSSR count). The summed E-state index contributed by atoms with van der Waals surface area (Å²) in [7, 11) is 0. The molecule has 0 aromatic heterocycles. The highest BCUT2D eigenvalue weighted by Crippen LogP contribution is 2.35. The predicted octanol–water partition coefficient (Wildman–Crippen LogP) is 3.38. The van der Waals surface area contributed by atoms with Crippen molar-refractivity contribution in [1.82, 2.24) is 4.90 Å². The summed E-state index contributed by atoms with van der Waals surface area (Å²) < 4.78 is 5.05. The molecule has 24 heavy (non-hydrogen) atoms. The number of piperidine rings is 1. The minimum absolute atomic E-state index is 0.00756. The average molecular weight is 348 g/mol. The average Bonchev–Trinajstić information content (AvgIpc) is 2.84. The third-order valence-corrected chi connectivity index (χ3v) is 5.72. The van der Waals surface area contributed by atoms with E-state index in [4.69, 9.17) is 4.74 Å². The van der Waals surface area contributed by atoms with Gasteiger partial charge in [-0.25, -0.2) is 4.79 Å². The second kappa shape index (κ2) is 7.92. The van der Waals surface area contributed by atoms with E-state index in [-0.39, 0.29) is 17.9 Å². The lowest BCUT2D eigenvalue weighted by molar-refractivity contribution is -0.123. The maximum absolute atomic E-state index is 13.1. The molecular weight excluding hydrogens is 324 g/mol. The zero-order valence-electron chi connectivity index (χ0n) is 14.1. The molecule has 2 heterocycles. The Bertz CT molecular complexity index is 600. The van der Waals surface area contributed by atoms with Crippen LogP contribution in [0.15, 0.2) is 29.2 Å². The highest BCUT2D eigenvalue weighted by molar-refractivity contribution is 7.99. The van der Waals surface area contributed by atoms with Gasteiger partial charge in [0.1, 0.15) is 0 Å². The minimum atomic E-state index is -0.264. The number of ether oxygens (including phenoxy) is 1. The number of para-hydroxylation sites is 1. The van der Waals surface area contributed by atoms with Crippen LogP contribution in [0.25, 0.3) is 0 Å². The summed E-state index contributed by atoms with van der Waals surface area (Å²) >= 11 is 1.82. The first-order valence-electron chi connectivity index (χ1n) is 8.65. The minimum Gasteiger partial charge on any atom is -0.450 e. The normalized spacial score (nSPS) is 18.7. The first-order valence-corrected chi connectivity index (χ1v) is 9.64. The van der Waals surface area contributed by atoms with Gasteiger partial charge in [-0.1, -0.05) is 12.1 Å². The molecule has 2 amide bonds. The summed E-state index contributed by atoms with van der Waals surface area (Å²) in [5, 5.41) is 0. The van der Waals surface area contributed by atoms with Crippen molar-refractivity contribution in [2.75, 3.05) is 36.9 Å². The van der Waals surface area contributed by atoms with Crippen LogP contribution in [0.5, 0.6) is 0 Å². The molecule has 0 radical (unpaired) electrons. The third-order valence-electron chi connectivity index (χ3n) is 4.58. The molecule has 0 bridgehead atoms. The summed E-state index contributed by atoms with van der Waals surface area (Å²) in [6.45, 7) is 4.17. The second-order valence-electron chi connectivity index (χ2n) is 6.12. The Balaban J connectivity index is 1.66. The second-order valence-corrected chi connectivity index (χ2v) is 7.26. The van der Waals surface area contributed by atoms with Crippen LogP contribution in [0.4, 0.5) is 10.5 Å². The Morgan fingerprint density at radius 2 is 1.96 bits per heavy atom. The summed E-state index contributed by atoms with van der Waals surface area (Å²) in [4.78, 5) is 29.7. The summed E-state index contributed by atoms with van der Waals surface area (Å²) in [5.41, 5.74) is 1.04. The van der Waals surface area contributed by atoms with Gasteiger partial charge >= 0.3 is 6.09 Å². The van der Waals surface area contributed by atoms with Crippen molar-refractivity contribution in [3.63, 3.8) is 0 Å². The van der Waals surface area contributed by atoms with Crippen molar-refractivity contribution in [2.24, 2.45) is 5.92 Å². The van der Waals surface area contributed by atoms with Gasteiger partial charge in [-0.3, -0.25) is 4.79 Å². The number of hydrogen-bond donors (Lipinski definition) is 0. The van der Waals surface area contributed by atoms with Crippen molar-refractivity contribution in [3.8, 4) is 0 Å². The first kappa shape index (κ1) is 17.1. The Labute approximate surface area is 147 Å². The van der Waals surface area contributed by atoms with E-state index in [9.17, 15) is 9.59 Å². The van der Waals surface area contributed by atoms with Crippen LogP contribution < -0.4 is 4.90 Å². The van der Waals surface area contributed by atoms with Crippen molar-refractivity contribution < 1.29 is 14.3 Å². The fourth-order valence-electron chi connectivity index (χ4n) is 3.30. The topological polar surface area (TPSA) is 49.9 Å². The molecule has 0 unspecified atom stereocenters. The van der Waals surface area contributed by atoms with E-state index in [1.807, 2.05) is 41.8 Å². The lowest BCUT2D eigenvalue weighted by Gasteiger charge is -2.33. The lowest BCUT2D eigenvalue weighted by atomic mass is 9.95. The van der Waals surface area contributed by atoms with Gasteiger partial charge in [0.2, 0.25) is 5.91 Å². The SMILES string of the molecule is CCOC(=O)N1CCC(C(=O)N2CCCSc3ccccc32)CC1. The summed E-state index contributed by atoms with van der Waals surface area (Å²) in [6, 6.07) is 8.15. The summed E-state index contributed by atoms with van der Waals surface area (Å²) in [6.07, 6.45) is 2.17. The van der Waals surface area contributed by atoms with Crippen LogP contribution >= 0.6 is 11.8 Å². The van der Waals surface area contributed by atoms with Crippen molar-refractivity contribution in [2.45, 2.75) is 31.1 Å². The number of benzene rings is 1. The van der Waals surface area contributed by atoms with Crippen LogP contribution in [-0.2, 0) is 9.53 Å². The number of nitrogens with zero attached hydrogens (tertiary/aromatic N) is 2. The lowest BCUT2D eigenvalue weighted by Crippen LogP contribution is -2.45. The standard InChI is InChI=1S/C18H24N2O3S/c1-2-23-18(22)19-11-8-14(9-12-19)17(21)20-10-5-13-24-16-7-4-3-6-15(16)20/h3-4,6-7,14H,2,5,8-13H2,1H3. The molecule has 0 aliphatic carbocycles. The number of thioether (sulfide) groups is 1. The largest absolute Gasteiger partial charge is 0.450 e. The van der Waals surface area contributed by atoms with Gasteiger partial charge in [0.05, 0.1) is 12.3 Å². The first-order chi connectivity index (χ1) is 11.7. The summed E-state index contributed by atoms with van der Waals surface area (Å²) in [5.74, 6) is 1.24. The molecule has 1 aromatic carbocycles. The Morgan fingerprint density at radius 1 is 1.21 bits per heavy atom. The van der Waals surface area contributed by atoms with E-state index in [0.29, 0.717) is 32.5 Å². The molecule has 1 fully saturated rings. The van der Waals surface area contributed by atoms with E-state index < -0.39 is 0 Å². The van der Waals surface area contributed by atoms with Gasteiger partial charge in [0, 0.05) is 30.4 Å². The monoisotopic (exact) mass is 348 g/mol. The van der Waals surface area contributed by atoms with Crippen LogP contribution in [-0.4, -0.2) is 48.9 Å². The highest BCUT2D eigenvalue weighted by Gasteiger charge is 2.32. The molecular formula is C18H24N2O3S. The van der Waals surface area contributed by atoms with E-state index in [1.165, 1.54) is 4.90 Å². The molecule has 0 atom stereocenters. The molecule has 0 spiro atoms. The van der Waals surface area contributed by atoms with Crippen LogP contribution in [0.2, 0.25) is 0 Å². The van der Waals surface area contributed by atoms with Crippen molar-refractivity contribution in [3.05, 3.63) is 24.3 Å². The quantitative estimate of drug-likeness (QED) is 0.822. The molecule has 0 N–H and O–H groups in total. The highest BCUT2D eigenvalue weighted by atomic mass is 32.2. The molecule has 0 saturated carbocycles. The Hall–Kier alpha value is -1.69. The predicted molar refractivity (Wildman–Crippen MR) is 95.5 cm³/mol. The molecule has 1 saturated heterocycles. The van der Waals surface area contributed by atoms with Gasteiger partial charge in [-0.05, 0) is 44.1 Å². The molecule has 2 aliphatic heterocycles. The smallest absolute Gasteiger partial charge is 0.409 e. The van der Waals surface area contributed by atoms with Crippen LogP contribution in [0.1, 0.15) is 26.2 Å². The Morgan fingerprint density at radius 3 is 2.71 bits per heavy atom. The van der Waals surface area contributed by atoms with E-state index in [2.05, 4.69) is 6.07 Å². The maximum atomic E-state index is 13.1. The molecule has 1 aromatic rings. The molecule has 5 nitrogen and oxygen atoms in total. The van der Waals surface area contributed by atoms with Gasteiger partial charge in [-0.15, -0.1) is 11.8 Å². The van der Waals surface area contributed by atoms with Crippen LogP contribution in [0, 0.1) is 5.92 Å². The molecule has 6 heteroatoms. The van der Waals surface area contributed by atoms with Crippen molar-refractivity contribution in [1.29, 1.82) is 0 Å². The number of rotatable bonds is 2. The number of amides is 2. The number of likely N-dealkylation sites (tertiary alicyclic amines) is 1. The third kappa shape index (κ3) is 3.69. The molecule has 2 aliphatic rings. The van der Waals surface area contributed by atoms with Gasteiger partial charge in [-0.2, -0.15) is 0 Å². The number of fused-ring (bicyclic) bond motifs is 1. The van der Waals surface area contributed by atoms with E-state index >= 15 is 0 Å². The van der Waals surface area contributed by atoms with Crippen LogP contribution in [0.3, 0.4) is 0 Å². The van der Waals surface area contributed by atoms with Crippen molar-refractivity contribution >= 4 is 29.4 Å². The molecule has 130 valence electrons. The van der Waals surface area contributed by atoms with E-state index in [0.717, 1.165) is 24.4 Å². The maximum Gasteiger partial charge on any atom is 0.409 e. The zero-order chi connectivity index (χ0) is 16.9.